The number of nitrogens with two attached hydrogens (primary N) is 1. The second-order valence-corrected chi connectivity index (χ2v) is 6.87. The summed E-state index contributed by atoms with van der Waals surface area (Å²) in [4.78, 5) is 4.46. The van der Waals surface area contributed by atoms with E-state index >= 15 is 0 Å². The molecule has 0 aliphatic carbocycles. The van der Waals surface area contributed by atoms with Crippen molar-refractivity contribution in [1.29, 1.82) is 0 Å². The molecule has 1 aromatic heterocycles. The lowest BCUT2D eigenvalue weighted by Gasteiger charge is -2.19. The van der Waals surface area contributed by atoms with Crippen molar-refractivity contribution in [2.24, 2.45) is 5.73 Å². The zero-order chi connectivity index (χ0) is 12.2. The fraction of sp³-hybridized carbons (Fsp3) is 0.615. The maximum absolute atomic E-state index is 6.00. The second kappa shape index (κ2) is 5.69. The Balaban J connectivity index is 2.83. The normalized spacial score (nSPS) is 13.8. The van der Waals surface area contributed by atoms with Gasteiger partial charge in [-0.25, -0.2) is 4.98 Å². The van der Waals surface area contributed by atoms with Crippen molar-refractivity contribution >= 4 is 11.8 Å². The van der Waals surface area contributed by atoms with Crippen LogP contribution < -0.4 is 5.73 Å². The molecule has 0 fully saturated rings. The molecule has 2 N–H and O–H groups in total. The number of nitrogens with zero attached hydrogens (tertiary/aromatic N) is 1. The molecular weight excluding hydrogens is 216 g/mol. The molecule has 3 heteroatoms. The smallest absolute Gasteiger partial charge is 0.0997 e. The number of hydrogen-bond donors (Lipinski definition) is 1. The van der Waals surface area contributed by atoms with E-state index in [0.717, 1.165) is 17.9 Å². The van der Waals surface area contributed by atoms with Gasteiger partial charge in [0.2, 0.25) is 0 Å². The molecule has 90 valence electrons. The molecule has 0 saturated carbocycles. The summed E-state index contributed by atoms with van der Waals surface area (Å²) in [5.74, 6) is 0. The van der Waals surface area contributed by atoms with E-state index in [9.17, 15) is 0 Å². The van der Waals surface area contributed by atoms with Gasteiger partial charge in [0.1, 0.15) is 0 Å². The number of thioether (sulfide) groups is 1. The minimum Gasteiger partial charge on any atom is -0.327 e. The third-order valence-electron chi connectivity index (χ3n) is 2.26. The van der Waals surface area contributed by atoms with Crippen molar-refractivity contribution in [3.63, 3.8) is 0 Å². The van der Waals surface area contributed by atoms with Crippen LogP contribution in [0.3, 0.4) is 0 Å². The summed E-state index contributed by atoms with van der Waals surface area (Å²) in [5.41, 5.74) is 7.28. The van der Waals surface area contributed by atoms with Crippen molar-refractivity contribution in [3.05, 3.63) is 23.9 Å². The SMILES string of the molecule is CCC(N)Cc1cccnc1SC(C)(C)C. The average Bonchev–Trinajstić information content (AvgIpc) is 2.18. The van der Waals surface area contributed by atoms with Crippen LogP contribution in [0, 0.1) is 0 Å². The van der Waals surface area contributed by atoms with E-state index in [0.29, 0.717) is 0 Å². The summed E-state index contributed by atoms with van der Waals surface area (Å²) >= 11 is 1.81. The van der Waals surface area contributed by atoms with E-state index in [4.69, 9.17) is 5.73 Å². The Kier molecular flexibility index (Phi) is 4.81. The van der Waals surface area contributed by atoms with Gasteiger partial charge in [-0.15, -0.1) is 11.8 Å². The number of rotatable bonds is 4. The fourth-order valence-corrected chi connectivity index (χ4v) is 2.36. The van der Waals surface area contributed by atoms with Crippen molar-refractivity contribution in [2.45, 2.75) is 56.4 Å². The Morgan fingerprint density at radius 2 is 2.12 bits per heavy atom. The molecule has 0 aliphatic heterocycles. The van der Waals surface area contributed by atoms with Crippen molar-refractivity contribution in [1.82, 2.24) is 4.98 Å². The van der Waals surface area contributed by atoms with E-state index in [2.05, 4.69) is 38.7 Å². The molecule has 0 aliphatic rings. The van der Waals surface area contributed by atoms with Crippen LogP contribution in [0.4, 0.5) is 0 Å². The summed E-state index contributed by atoms with van der Waals surface area (Å²) in [5, 5.41) is 1.12. The first-order valence-electron chi connectivity index (χ1n) is 5.81. The average molecular weight is 238 g/mol. The van der Waals surface area contributed by atoms with E-state index < -0.39 is 0 Å². The lowest BCUT2D eigenvalue weighted by atomic mass is 10.1. The van der Waals surface area contributed by atoms with Gasteiger partial charge < -0.3 is 5.73 Å². The van der Waals surface area contributed by atoms with Gasteiger partial charge in [-0.05, 0) is 24.5 Å². The largest absolute Gasteiger partial charge is 0.327 e. The highest BCUT2D eigenvalue weighted by Gasteiger charge is 2.16. The zero-order valence-electron chi connectivity index (χ0n) is 10.7. The molecule has 1 heterocycles. The highest BCUT2D eigenvalue weighted by atomic mass is 32.2. The van der Waals surface area contributed by atoms with Gasteiger partial charge >= 0.3 is 0 Å². The predicted octanol–water partition coefficient (Wildman–Crippen LogP) is 3.25. The Labute approximate surface area is 103 Å². The Morgan fingerprint density at radius 3 is 2.69 bits per heavy atom. The topological polar surface area (TPSA) is 38.9 Å². The first-order chi connectivity index (χ1) is 7.42. The number of aromatic nitrogens is 1. The first-order valence-corrected chi connectivity index (χ1v) is 6.62. The summed E-state index contributed by atoms with van der Waals surface area (Å²) in [6.07, 6.45) is 3.78. The first kappa shape index (κ1) is 13.5. The molecule has 1 atom stereocenters. The lowest BCUT2D eigenvalue weighted by Crippen LogP contribution is -2.22. The molecule has 1 aromatic rings. The third-order valence-corrected chi connectivity index (χ3v) is 3.43. The van der Waals surface area contributed by atoms with Gasteiger partial charge in [0, 0.05) is 17.0 Å². The monoisotopic (exact) mass is 238 g/mol. The molecule has 0 aromatic carbocycles. The molecule has 1 unspecified atom stereocenters. The van der Waals surface area contributed by atoms with Crippen molar-refractivity contribution < 1.29 is 0 Å². The molecule has 0 bridgehead atoms. The van der Waals surface area contributed by atoms with Crippen LogP contribution in [0.2, 0.25) is 0 Å². The van der Waals surface area contributed by atoms with E-state index in [1.807, 2.05) is 24.0 Å². The Hall–Kier alpha value is -0.540. The molecule has 2 nitrogen and oxygen atoms in total. The van der Waals surface area contributed by atoms with Gasteiger partial charge in [0.15, 0.2) is 0 Å². The standard InChI is InChI=1S/C13H22N2S/c1-5-11(14)9-10-7-6-8-15-12(10)16-13(2,3)4/h6-8,11H,5,9,14H2,1-4H3. The Morgan fingerprint density at radius 1 is 1.44 bits per heavy atom. The van der Waals surface area contributed by atoms with Crippen molar-refractivity contribution in [3.8, 4) is 0 Å². The van der Waals surface area contributed by atoms with Crippen LogP contribution in [0.1, 0.15) is 39.7 Å². The van der Waals surface area contributed by atoms with Gasteiger partial charge in [-0.3, -0.25) is 0 Å². The van der Waals surface area contributed by atoms with Crippen LogP contribution in [-0.4, -0.2) is 15.8 Å². The van der Waals surface area contributed by atoms with Gasteiger partial charge in [0.05, 0.1) is 5.03 Å². The number of pyridine rings is 1. The summed E-state index contributed by atoms with van der Waals surface area (Å²) < 4.78 is 0.194. The van der Waals surface area contributed by atoms with Gasteiger partial charge in [-0.1, -0.05) is 33.8 Å². The third kappa shape index (κ3) is 4.54. The number of hydrogen-bond acceptors (Lipinski definition) is 3. The Bertz CT molecular complexity index is 331. The molecule has 1 rings (SSSR count). The summed E-state index contributed by atoms with van der Waals surface area (Å²) in [6.45, 7) is 8.74. The molecule has 0 radical (unpaired) electrons. The highest BCUT2D eigenvalue weighted by molar-refractivity contribution is 8.00. The fourth-order valence-electron chi connectivity index (χ4n) is 1.39. The molecule has 0 saturated heterocycles. The molecule has 16 heavy (non-hydrogen) atoms. The minimum atomic E-state index is 0.194. The van der Waals surface area contributed by atoms with E-state index in [1.54, 1.807) is 0 Å². The quantitative estimate of drug-likeness (QED) is 0.818. The summed E-state index contributed by atoms with van der Waals surface area (Å²) in [6, 6.07) is 4.37. The lowest BCUT2D eigenvalue weighted by molar-refractivity contribution is 0.637. The van der Waals surface area contributed by atoms with Crippen LogP contribution in [0.25, 0.3) is 0 Å². The van der Waals surface area contributed by atoms with Crippen molar-refractivity contribution in [2.75, 3.05) is 0 Å². The van der Waals surface area contributed by atoms with Gasteiger partial charge in [-0.2, -0.15) is 0 Å². The highest BCUT2D eigenvalue weighted by Crippen LogP contribution is 2.32. The summed E-state index contributed by atoms with van der Waals surface area (Å²) in [7, 11) is 0. The van der Waals surface area contributed by atoms with E-state index in [-0.39, 0.29) is 10.8 Å². The minimum absolute atomic E-state index is 0.194. The maximum Gasteiger partial charge on any atom is 0.0997 e. The van der Waals surface area contributed by atoms with Gasteiger partial charge in [0.25, 0.3) is 0 Å². The molecule has 0 amide bonds. The maximum atomic E-state index is 6.00. The second-order valence-electron chi connectivity index (χ2n) is 5.05. The molecule has 0 spiro atoms. The predicted molar refractivity (Wildman–Crippen MR) is 71.8 cm³/mol. The van der Waals surface area contributed by atoms with Crippen LogP contribution in [0.5, 0.6) is 0 Å². The zero-order valence-corrected chi connectivity index (χ0v) is 11.5. The van der Waals surface area contributed by atoms with Crippen LogP contribution in [-0.2, 0) is 6.42 Å². The molecular formula is C13H22N2S. The van der Waals surface area contributed by atoms with Crippen LogP contribution >= 0.6 is 11.8 Å². The van der Waals surface area contributed by atoms with E-state index in [1.165, 1.54) is 5.56 Å². The van der Waals surface area contributed by atoms with Crippen LogP contribution in [0.15, 0.2) is 23.4 Å².